The van der Waals surface area contributed by atoms with Crippen molar-refractivity contribution in [2.45, 2.75) is 19.0 Å². The van der Waals surface area contributed by atoms with Crippen molar-refractivity contribution in [3.05, 3.63) is 90.1 Å². The average Bonchev–Trinajstić information content (AvgIpc) is 3.47. The largest absolute Gasteiger partial charge is 0.360 e. The van der Waals surface area contributed by atoms with E-state index >= 15 is 0 Å². The van der Waals surface area contributed by atoms with Crippen LogP contribution in [-0.4, -0.2) is 37.2 Å². The number of benzene rings is 3. The molecule has 1 amide bonds. The van der Waals surface area contributed by atoms with Crippen molar-refractivity contribution in [3.63, 3.8) is 0 Å². The summed E-state index contributed by atoms with van der Waals surface area (Å²) in [5, 5.41) is 13.4. The van der Waals surface area contributed by atoms with E-state index in [4.69, 9.17) is 0 Å². The fourth-order valence-corrected chi connectivity index (χ4v) is 4.82. The Bertz CT molecular complexity index is 1540. The first-order valence-electron chi connectivity index (χ1n) is 11.1. The van der Waals surface area contributed by atoms with Crippen molar-refractivity contribution >= 4 is 40.0 Å². The van der Waals surface area contributed by atoms with E-state index in [1.807, 2.05) is 60.2 Å². The molecule has 0 radical (unpaired) electrons. The van der Waals surface area contributed by atoms with Gasteiger partial charge in [0.25, 0.3) is 0 Å². The number of carbonyl (C=O) groups is 2. The van der Waals surface area contributed by atoms with Crippen molar-refractivity contribution in [1.29, 1.82) is 0 Å². The van der Waals surface area contributed by atoms with E-state index in [-0.39, 0.29) is 17.4 Å². The maximum absolute atomic E-state index is 12.9. The van der Waals surface area contributed by atoms with Gasteiger partial charge in [-0.15, -0.1) is 10.2 Å². The number of ketones is 1. The van der Waals surface area contributed by atoms with E-state index in [1.165, 1.54) is 18.7 Å². The third-order valence-electron chi connectivity index (χ3n) is 5.68. The van der Waals surface area contributed by atoms with Crippen molar-refractivity contribution in [3.8, 4) is 17.1 Å². The van der Waals surface area contributed by atoms with E-state index in [2.05, 4.69) is 26.6 Å². The van der Waals surface area contributed by atoms with Crippen LogP contribution in [0, 0.1) is 6.92 Å². The summed E-state index contributed by atoms with van der Waals surface area (Å²) in [4.78, 5) is 27.4. The Morgan fingerprint density at radius 3 is 2.49 bits per heavy atom. The number of hydrogen-bond acceptors (Lipinski definition) is 5. The molecule has 0 atom stereocenters. The fraction of sp³-hybridized carbons (Fsp3) is 0.111. The van der Waals surface area contributed by atoms with Crippen molar-refractivity contribution in [2.75, 3.05) is 11.1 Å². The molecule has 0 aliphatic heterocycles. The van der Waals surface area contributed by atoms with Gasteiger partial charge in [0.15, 0.2) is 16.8 Å². The molecule has 5 aromatic rings. The van der Waals surface area contributed by atoms with Gasteiger partial charge >= 0.3 is 0 Å². The zero-order chi connectivity index (χ0) is 24.4. The predicted octanol–water partition coefficient (Wildman–Crippen LogP) is 5.66. The van der Waals surface area contributed by atoms with E-state index < -0.39 is 0 Å². The van der Waals surface area contributed by atoms with Crippen LogP contribution in [0.5, 0.6) is 0 Å². The summed E-state index contributed by atoms with van der Waals surface area (Å²) in [7, 11) is 0. The molecule has 0 aliphatic rings. The lowest BCUT2D eigenvalue weighted by Crippen LogP contribution is -2.07. The lowest BCUT2D eigenvalue weighted by Gasteiger charge is -2.12. The number of anilines is 1. The fourth-order valence-electron chi connectivity index (χ4n) is 3.98. The standard InChI is InChI=1S/C27H23N5O2S/c1-17-7-3-6-10-24(17)32-26(22-15-28-23-9-5-4-8-21(22)23)30-31-27(32)35-16-25(34)19-11-13-20(14-12-19)29-18(2)33/h3-15,28H,16H2,1-2H3,(H,29,33). The van der Waals surface area contributed by atoms with Crippen molar-refractivity contribution < 1.29 is 9.59 Å². The molecule has 0 saturated heterocycles. The molecule has 0 unspecified atom stereocenters. The topological polar surface area (TPSA) is 92.7 Å². The average molecular weight is 482 g/mol. The molecular weight excluding hydrogens is 458 g/mol. The number of thioether (sulfide) groups is 1. The number of H-pyrrole nitrogens is 1. The van der Waals surface area contributed by atoms with Crippen LogP contribution in [0.4, 0.5) is 5.69 Å². The van der Waals surface area contributed by atoms with E-state index in [0.29, 0.717) is 22.2 Å². The van der Waals surface area contributed by atoms with E-state index in [9.17, 15) is 9.59 Å². The summed E-state index contributed by atoms with van der Waals surface area (Å²) in [5.74, 6) is 0.738. The first-order chi connectivity index (χ1) is 17.0. The molecule has 2 aromatic heterocycles. The predicted molar refractivity (Wildman–Crippen MR) is 139 cm³/mol. The maximum atomic E-state index is 12.9. The minimum atomic E-state index is -0.152. The van der Waals surface area contributed by atoms with Gasteiger partial charge in [-0.05, 0) is 48.9 Å². The number of amides is 1. The minimum absolute atomic E-state index is 0.0302. The number of nitrogens with zero attached hydrogens (tertiary/aromatic N) is 3. The summed E-state index contributed by atoms with van der Waals surface area (Å²) in [5.41, 5.74) is 5.24. The molecule has 0 aliphatic carbocycles. The van der Waals surface area contributed by atoms with Crippen LogP contribution < -0.4 is 5.32 Å². The number of Topliss-reactive ketones (excluding diaryl/α,β-unsaturated/α-hetero) is 1. The number of fused-ring (bicyclic) bond motifs is 1. The number of carbonyl (C=O) groups excluding carboxylic acids is 2. The quantitative estimate of drug-likeness (QED) is 0.231. The SMILES string of the molecule is CC(=O)Nc1ccc(C(=O)CSc2nnc(-c3c[nH]c4ccccc34)n2-c2ccccc2C)cc1. The lowest BCUT2D eigenvalue weighted by atomic mass is 10.1. The van der Waals surface area contributed by atoms with Gasteiger partial charge in [-0.25, -0.2) is 0 Å². The molecule has 0 bridgehead atoms. The van der Waals surface area contributed by atoms with Gasteiger partial charge in [0, 0.05) is 40.8 Å². The van der Waals surface area contributed by atoms with E-state index in [1.54, 1.807) is 24.3 Å². The smallest absolute Gasteiger partial charge is 0.221 e. The zero-order valence-corrected chi connectivity index (χ0v) is 20.1. The molecule has 2 N–H and O–H groups in total. The first kappa shape index (κ1) is 22.6. The number of aryl methyl sites for hydroxylation is 1. The van der Waals surface area contributed by atoms with Gasteiger partial charge in [0.1, 0.15) is 0 Å². The van der Waals surface area contributed by atoms with Gasteiger partial charge in [0.05, 0.1) is 11.4 Å². The summed E-state index contributed by atoms with van der Waals surface area (Å²) in [6, 6.07) is 23.0. The van der Waals surface area contributed by atoms with Gasteiger partial charge in [-0.1, -0.05) is 48.2 Å². The molecule has 0 spiro atoms. The second kappa shape index (κ2) is 9.60. The third kappa shape index (κ3) is 4.61. The third-order valence-corrected chi connectivity index (χ3v) is 6.61. The lowest BCUT2D eigenvalue weighted by molar-refractivity contribution is -0.114. The van der Waals surface area contributed by atoms with Gasteiger partial charge < -0.3 is 10.3 Å². The number of hydrogen-bond donors (Lipinski definition) is 2. The first-order valence-corrected chi connectivity index (χ1v) is 12.1. The van der Waals surface area contributed by atoms with Crippen LogP contribution in [0.15, 0.2) is 84.1 Å². The van der Waals surface area contributed by atoms with Crippen molar-refractivity contribution in [2.24, 2.45) is 0 Å². The van der Waals surface area contributed by atoms with Gasteiger partial charge in [-0.2, -0.15) is 0 Å². The number of nitrogens with one attached hydrogen (secondary N) is 2. The highest BCUT2D eigenvalue weighted by Gasteiger charge is 2.21. The Hall–Kier alpha value is -4.17. The summed E-state index contributed by atoms with van der Waals surface area (Å²) in [6.07, 6.45) is 1.94. The monoisotopic (exact) mass is 481 g/mol. The molecular formula is C27H23N5O2S. The number of aromatic nitrogens is 4. The summed E-state index contributed by atoms with van der Waals surface area (Å²) in [6.45, 7) is 3.50. The molecule has 8 heteroatoms. The van der Waals surface area contributed by atoms with Crippen LogP contribution in [0.25, 0.3) is 28.0 Å². The Labute approximate surface area is 206 Å². The van der Waals surface area contributed by atoms with Crippen LogP contribution in [0.1, 0.15) is 22.8 Å². The summed E-state index contributed by atoms with van der Waals surface area (Å²) < 4.78 is 2.02. The zero-order valence-electron chi connectivity index (χ0n) is 19.3. The van der Waals surface area contributed by atoms with Crippen LogP contribution in [0.2, 0.25) is 0 Å². The molecule has 5 rings (SSSR count). The second-order valence-corrected chi connectivity index (χ2v) is 9.09. The Balaban J connectivity index is 1.47. The van der Waals surface area contributed by atoms with Crippen molar-refractivity contribution in [1.82, 2.24) is 19.7 Å². The normalized spacial score (nSPS) is 11.0. The van der Waals surface area contributed by atoms with Gasteiger partial charge in [-0.3, -0.25) is 14.2 Å². The molecule has 0 saturated carbocycles. The minimum Gasteiger partial charge on any atom is -0.360 e. The summed E-state index contributed by atoms with van der Waals surface area (Å²) >= 11 is 1.35. The molecule has 2 heterocycles. The molecule has 35 heavy (non-hydrogen) atoms. The maximum Gasteiger partial charge on any atom is 0.221 e. The Morgan fingerprint density at radius 1 is 0.971 bits per heavy atom. The van der Waals surface area contributed by atoms with Crippen LogP contribution >= 0.6 is 11.8 Å². The second-order valence-electron chi connectivity index (χ2n) is 8.15. The Kier molecular flexibility index (Phi) is 6.20. The Morgan fingerprint density at radius 2 is 1.71 bits per heavy atom. The molecule has 3 aromatic carbocycles. The van der Waals surface area contributed by atoms with Gasteiger partial charge in [0.2, 0.25) is 5.91 Å². The number of aromatic amines is 1. The highest BCUT2D eigenvalue weighted by Crippen LogP contribution is 2.33. The van der Waals surface area contributed by atoms with Crippen LogP contribution in [0.3, 0.4) is 0 Å². The molecule has 0 fully saturated rings. The molecule has 7 nitrogen and oxygen atoms in total. The van der Waals surface area contributed by atoms with Crippen LogP contribution in [-0.2, 0) is 4.79 Å². The highest BCUT2D eigenvalue weighted by molar-refractivity contribution is 7.99. The highest BCUT2D eigenvalue weighted by atomic mass is 32.2. The number of rotatable bonds is 7. The van der Waals surface area contributed by atoms with E-state index in [0.717, 1.165) is 27.7 Å². The molecule has 174 valence electrons. The number of para-hydroxylation sites is 2.